The van der Waals surface area contributed by atoms with Gasteiger partial charge in [-0.15, -0.1) is 0 Å². The zero-order valence-corrected chi connectivity index (χ0v) is 18.7. The van der Waals surface area contributed by atoms with Gasteiger partial charge in [-0.25, -0.2) is 4.98 Å². The molecule has 0 radical (unpaired) electrons. The van der Waals surface area contributed by atoms with E-state index < -0.39 is 17.2 Å². The maximum absolute atomic E-state index is 13.0. The Kier molecular flexibility index (Phi) is 7.21. The van der Waals surface area contributed by atoms with Crippen LogP contribution >= 0.6 is 0 Å². The van der Waals surface area contributed by atoms with Crippen molar-refractivity contribution in [1.82, 2.24) is 19.7 Å². The number of carbonyl (C=O) groups is 3. The van der Waals surface area contributed by atoms with Crippen LogP contribution in [0.25, 0.3) is 0 Å². The normalized spacial score (nSPS) is 16.9. The Morgan fingerprint density at radius 2 is 1.97 bits per heavy atom. The monoisotopic (exact) mass is 432 g/mol. The third-order valence-corrected chi connectivity index (χ3v) is 5.24. The van der Waals surface area contributed by atoms with Crippen LogP contribution in [0.3, 0.4) is 0 Å². The molecule has 2 rings (SSSR count). The van der Waals surface area contributed by atoms with Crippen LogP contribution in [0, 0.1) is 10.8 Å². The van der Waals surface area contributed by atoms with E-state index in [2.05, 4.69) is 10.3 Å². The van der Waals surface area contributed by atoms with Crippen molar-refractivity contribution in [2.24, 2.45) is 5.41 Å². The fourth-order valence-corrected chi connectivity index (χ4v) is 3.82. The number of hydrogen-bond donors (Lipinski definition) is 4. The van der Waals surface area contributed by atoms with Gasteiger partial charge in [0.2, 0.25) is 5.91 Å². The average molecular weight is 433 g/mol. The second-order valence-corrected chi connectivity index (χ2v) is 8.70. The highest BCUT2D eigenvalue weighted by atomic mass is 16.2. The van der Waals surface area contributed by atoms with E-state index in [1.807, 2.05) is 39.8 Å². The maximum Gasteiger partial charge on any atom is 0.314 e. The molecule has 170 valence electrons. The first-order valence-corrected chi connectivity index (χ1v) is 9.99. The zero-order valence-electron chi connectivity index (χ0n) is 18.7. The molecule has 1 aliphatic heterocycles. The van der Waals surface area contributed by atoms with E-state index in [0.717, 1.165) is 6.21 Å². The number of hydrogen-bond acceptors (Lipinski definition) is 8. The van der Waals surface area contributed by atoms with Crippen molar-refractivity contribution in [2.45, 2.75) is 26.8 Å². The number of pyridine rings is 1. The highest BCUT2D eigenvalue weighted by Gasteiger charge is 2.38. The lowest BCUT2D eigenvalue weighted by Crippen LogP contribution is -2.60. The summed E-state index contributed by atoms with van der Waals surface area (Å²) in [5.74, 6) is -1.51. The van der Waals surface area contributed by atoms with Crippen LogP contribution in [-0.4, -0.2) is 89.9 Å². The van der Waals surface area contributed by atoms with Gasteiger partial charge in [-0.05, 0) is 34.9 Å². The minimum atomic E-state index is -0.867. The number of nitrogens with zero attached hydrogens (tertiary/aromatic N) is 4. The number of nitrogen functional groups attached to an aromatic ring is 2. The standard InChI is InChI=1S/C20H32N8O3/c1-12-10-27(6-7-28(12)19(31)20(2,3)11-26(4)5)18(30)17(29)25-14-9-24-16(23)13(8-21)15(14)22/h8-9,12,21H,6-7,10-11H2,1-5H3,(H,25,29)(H4,22,23,24). The Labute approximate surface area is 182 Å². The second kappa shape index (κ2) is 9.29. The summed E-state index contributed by atoms with van der Waals surface area (Å²) < 4.78 is 0. The molecule has 0 aromatic carbocycles. The molecule has 1 aliphatic rings. The Hall–Kier alpha value is -3.21. The molecule has 0 aliphatic carbocycles. The van der Waals surface area contributed by atoms with E-state index in [-0.39, 0.29) is 47.8 Å². The van der Waals surface area contributed by atoms with Crippen LogP contribution in [0.1, 0.15) is 26.3 Å². The molecular formula is C20H32N8O3. The lowest BCUT2D eigenvalue weighted by Gasteiger charge is -2.43. The van der Waals surface area contributed by atoms with Gasteiger partial charge in [-0.1, -0.05) is 0 Å². The molecule has 2 heterocycles. The minimum Gasteiger partial charge on any atom is -0.396 e. The first kappa shape index (κ1) is 24.1. The Morgan fingerprint density at radius 3 is 2.52 bits per heavy atom. The van der Waals surface area contributed by atoms with Gasteiger partial charge < -0.3 is 36.9 Å². The van der Waals surface area contributed by atoms with Crippen LogP contribution < -0.4 is 16.8 Å². The first-order valence-electron chi connectivity index (χ1n) is 9.99. The van der Waals surface area contributed by atoms with Gasteiger partial charge in [0, 0.05) is 38.4 Å². The average Bonchev–Trinajstić information content (AvgIpc) is 2.68. The van der Waals surface area contributed by atoms with Crippen molar-refractivity contribution in [2.75, 3.05) is 57.1 Å². The lowest BCUT2D eigenvalue weighted by molar-refractivity contribution is -0.151. The molecule has 1 aromatic rings. The topological polar surface area (TPSA) is 162 Å². The van der Waals surface area contributed by atoms with Crippen molar-refractivity contribution < 1.29 is 14.4 Å². The van der Waals surface area contributed by atoms with Crippen molar-refractivity contribution in [3.05, 3.63) is 11.8 Å². The molecule has 3 amide bonds. The molecule has 1 saturated heterocycles. The predicted molar refractivity (Wildman–Crippen MR) is 120 cm³/mol. The molecule has 1 atom stereocenters. The van der Waals surface area contributed by atoms with Crippen molar-refractivity contribution in [1.29, 1.82) is 5.41 Å². The summed E-state index contributed by atoms with van der Waals surface area (Å²) in [6.45, 7) is 7.12. The summed E-state index contributed by atoms with van der Waals surface area (Å²) in [7, 11) is 3.84. The Balaban J connectivity index is 2.05. The van der Waals surface area contributed by atoms with Gasteiger partial charge in [0.05, 0.1) is 28.6 Å². The van der Waals surface area contributed by atoms with E-state index in [1.54, 1.807) is 4.90 Å². The number of piperazine rings is 1. The van der Waals surface area contributed by atoms with Gasteiger partial charge in [-0.2, -0.15) is 0 Å². The molecule has 0 saturated carbocycles. The highest BCUT2D eigenvalue weighted by Crippen LogP contribution is 2.25. The number of nitrogens with two attached hydrogens (primary N) is 2. The molecule has 31 heavy (non-hydrogen) atoms. The molecule has 1 aromatic heterocycles. The largest absolute Gasteiger partial charge is 0.396 e. The third-order valence-electron chi connectivity index (χ3n) is 5.24. The molecule has 1 fully saturated rings. The maximum atomic E-state index is 13.0. The summed E-state index contributed by atoms with van der Waals surface area (Å²) in [5.41, 5.74) is 11.4. The quantitative estimate of drug-likeness (QED) is 0.371. The lowest BCUT2D eigenvalue weighted by atomic mass is 9.90. The van der Waals surface area contributed by atoms with Gasteiger partial charge in [0.25, 0.3) is 0 Å². The van der Waals surface area contributed by atoms with Crippen LogP contribution in [0.15, 0.2) is 6.20 Å². The van der Waals surface area contributed by atoms with Gasteiger partial charge in [-0.3, -0.25) is 14.4 Å². The van der Waals surface area contributed by atoms with Crippen LogP contribution in [0.5, 0.6) is 0 Å². The number of carbonyl (C=O) groups excluding carboxylic acids is 3. The van der Waals surface area contributed by atoms with E-state index in [0.29, 0.717) is 13.1 Å². The van der Waals surface area contributed by atoms with Crippen molar-refractivity contribution in [3.63, 3.8) is 0 Å². The van der Waals surface area contributed by atoms with Crippen LogP contribution in [0.2, 0.25) is 0 Å². The fraction of sp³-hybridized carbons (Fsp3) is 0.550. The molecule has 11 nitrogen and oxygen atoms in total. The summed E-state index contributed by atoms with van der Waals surface area (Å²) in [4.78, 5) is 47.2. The van der Waals surface area contributed by atoms with E-state index in [1.165, 1.54) is 11.1 Å². The van der Waals surface area contributed by atoms with Crippen molar-refractivity contribution >= 4 is 41.1 Å². The van der Waals surface area contributed by atoms with Gasteiger partial charge >= 0.3 is 11.8 Å². The van der Waals surface area contributed by atoms with E-state index >= 15 is 0 Å². The van der Waals surface area contributed by atoms with E-state index in [9.17, 15) is 14.4 Å². The number of nitrogens with one attached hydrogen (secondary N) is 2. The van der Waals surface area contributed by atoms with Gasteiger partial charge in [0.15, 0.2) is 0 Å². The molecule has 6 N–H and O–H groups in total. The second-order valence-electron chi connectivity index (χ2n) is 8.70. The first-order chi connectivity index (χ1) is 14.4. The molecule has 11 heteroatoms. The fourth-order valence-electron chi connectivity index (χ4n) is 3.82. The summed E-state index contributed by atoms with van der Waals surface area (Å²) in [6, 6.07) is -0.229. The Morgan fingerprint density at radius 1 is 1.32 bits per heavy atom. The summed E-state index contributed by atoms with van der Waals surface area (Å²) in [6.07, 6.45) is 2.18. The van der Waals surface area contributed by atoms with Crippen LogP contribution in [-0.2, 0) is 14.4 Å². The van der Waals surface area contributed by atoms with E-state index in [4.69, 9.17) is 16.9 Å². The highest BCUT2D eigenvalue weighted by molar-refractivity contribution is 6.40. The SMILES string of the molecule is CC1CN(C(=O)C(=O)Nc2cnc(N)c(C=N)c2N)CCN1C(=O)C(C)(C)CN(C)C. The summed E-state index contributed by atoms with van der Waals surface area (Å²) >= 11 is 0. The van der Waals surface area contributed by atoms with Crippen LogP contribution in [0.4, 0.5) is 17.2 Å². The number of amides is 3. The minimum absolute atomic E-state index is 0.0187. The van der Waals surface area contributed by atoms with Gasteiger partial charge in [0.1, 0.15) is 5.82 Å². The number of anilines is 3. The Bertz CT molecular complexity index is 883. The number of aromatic nitrogens is 1. The zero-order chi connectivity index (χ0) is 23.5. The predicted octanol–water partition coefficient (Wildman–Crippen LogP) is -0.171. The van der Waals surface area contributed by atoms with Crippen molar-refractivity contribution in [3.8, 4) is 0 Å². The number of rotatable bonds is 5. The molecule has 1 unspecified atom stereocenters. The summed E-state index contributed by atoms with van der Waals surface area (Å²) in [5, 5.41) is 9.80. The third kappa shape index (κ3) is 5.29. The molecule has 0 bridgehead atoms. The smallest absolute Gasteiger partial charge is 0.314 e. The molecular weight excluding hydrogens is 400 g/mol. The molecule has 0 spiro atoms.